The fraction of sp³-hybridized carbons (Fsp3) is 0.444. The summed E-state index contributed by atoms with van der Waals surface area (Å²) in [5, 5.41) is 10.8. The second kappa shape index (κ2) is 10.7. The van der Waals surface area contributed by atoms with Gasteiger partial charge in [-0.2, -0.15) is 10.1 Å². The summed E-state index contributed by atoms with van der Waals surface area (Å²) in [6, 6.07) is 8.20. The van der Waals surface area contributed by atoms with Crippen molar-refractivity contribution >= 4 is 28.9 Å². The van der Waals surface area contributed by atoms with Crippen LogP contribution in [-0.4, -0.2) is 53.6 Å². The SMILES string of the molecule is CCOc1ccc(-n2cnc3cnc(Nc4cnn(C5CCC(NC(=O)OC(C)(C)C)CC5)c4)nc32)cc1. The molecule has 200 valence electrons. The average molecular weight is 519 g/mol. The van der Waals surface area contributed by atoms with Gasteiger partial charge in [0.2, 0.25) is 5.95 Å². The van der Waals surface area contributed by atoms with E-state index in [0.29, 0.717) is 23.7 Å². The number of nitrogens with zero attached hydrogens (tertiary/aromatic N) is 6. The standard InChI is InChI=1S/C27H34N8O3/c1-5-37-22-12-10-20(11-13-22)34-17-29-23-15-28-25(33-24(23)34)31-19-14-30-35(16-19)21-8-6-18(7-9-21)32-26(36)38-27(2,3)4/h10-18,21H,5-9H2,1-4H3,(H,32,36)(H,28,31,33). The molecule has 4 aromatic rings. The van der Waals surface area contributed by atoms with Gasteiger partial charge in [0.05, 0.1) is 30.7 Å². The van der Waals surface area contributed by atoms with Gasteiger partial charge in [0.15, 0.2) is 5.65 Å². The van der Waals surface area contributed by atoms with E-state index in [-0.39, 0.29) is 18.2 Å². The van der Waals surface area contributed by atoms with Crippen LogP contribution in [0.5, 0.6) is 5.75 Å². The van der Waals surface area contributed by atoms with Crippen molar-refractivity contribution in [2.75, 3.05) is 11.9 Å². The summed E-state index contributed by atoms with van der Waals surface area (Å²) >= 11 is 0. The van der Waals surface area contributed by atoms with E-state index in [9.17, 15) is 4.79 Å². The molecule has 3 aromatic heterocycles. The lowest BCUT2D eigenvalue weighted by molar-refractivity contribution is 0.0487. The van der Waals surface area contributed by atoms with Crippen LogP contribution in [-0.2, 0) is 4.74 Å². The van der Waals surface area contributed by atoms with Crippen molar-refractivity contribution in [2.45, 2.75) is 71.1 Å². The van der Waals surface area contributed by atoms with Crippen LogP contribution in [0.15, 0.2) is 49.2 Å². The van der Waals surface area contributed by atoms with Gasteiger partial charge in [0.1, 0.15) is 23.2 Å². The van der Waals surface area contributed by atoms with Crippen molar-refractivity contribution in [3.05, 3.63) is 49.2 Å². The zero-order valence-electron chi connectivity index (χ0n) is 22.2. The van der Waals surface area contributed by atoms with E-state index in [0.717, 1.165) is 42.8 Å². The van der Waals surface area contributed by atoms with Gasteiger partial charge in [0, 0.05) is 17.9 Å². The van der Waals surface area contributed by atoms with Crippen molar-refractivity contribution in [1.82, 2.24) is 34.6 Å². The van der Waals surface area contributed by atoms with Crippen LogP contribution in [0.2, 0.25) is 0 Å². The van der Waals surface area contributed by atoms with Crippen LogP contribution >= 0.6 is 0 Å². The van der Waals surface area contributed by atoms with Crippen molar-refractivity contribution in [3.8, 4) is 11.4 Å². The summed E-state index contributed by atoms with van der Waals surface area (Å²) in [6.07, 6.45) is 10.4. The Kier molecular flexibility index (Phi) is 7.17. The first kappa shape index (κ1) is 25.5. The lowest BCUT2D eigenvalue weighted by Gasteiger charge is -2.30. The average Bonchev–Trinajstić information content (AvgIpc) is 3.51. The van der Waals surface area contributed by atoms with Gasteiger partial charge in [-0.1, -0.05) is 0 Å². The van der Waals surface area contributed by atoms with Gasteiger partial charge in [0.25, 0.3) is 0 Å². The molecule has 1 amide bonds. The molecule has 1 aromatic carbocycles. The Morgan fingerprint density at radius 2 is 1.84 bits per heavy atom. The third kappa shape index (κ3) is 6.04. The van der Waals surface area contributed by atoms with Crippen molar-refractivity contribution in [3.63, 3.8) is 0 Å². The highest BCUT2D eigenvalue weighted by atomic mass is 16.6. The molecule has 11 nitrogen and oxygen atoms in total. The van der Waals surface area contributed by atoms with E-state index in [1.54, 1.807) is 18.7 Å². The molecule has 11 heteroatoms. The first-order valence-electron chi connectivity index (χ1n) is 13.0. The molecular weight excluding hydrogens is 484 g/mol. The number of benzene rings is 1. The molecule has 0 unspecified atom stereocenters. The molecular formula is C27H34N8O3. The van der Waals surface area contributed by atoms with Gasteiger partial charge >= 0.3 is 6.09 Å². The minimum absolute atomic E-state index is 0.120. The Morgan fingerprint density at radius 1 is 1.08 bits per heavy atom. The molecule has 38 heavy (non-hydrogen) atoms. The van der Waals surface area contributed by atoms with Crippen molar-refractivity contribution in [1.29, 1.82) is 0 Å². The summed E-state index contributed by atoms with van der Waals surface area (Å²) < 4.78 is 14.8. The number of rotatable bonds is 7. The second-order valence-electron chi connectivity index (χ2n) is 10.4. The molecule has 0 spiro atoms. The normalized spacial score (nSPS) is 17.8. The van der Waals surface area contributed by atoms with E-state index in [1.807, 2.05) is 67.4 Å². The summed E-state index contributed by atoms with van der Waals surface area (Å²) in [4.78, 5) is 25.6. The van der Waals surface area contributed by atoms with Crippen LogP contribution in [0.3, 0.4) is 0 Å². The Bertz CT molecular complexity index is 1380. The minimum Gasteiger partial charge on any atom is -0.494 e. The second-order valence-corrected chi connectivity index (χ2v) is 10.4. The third-order valence-corrected chi connectivity index (χ3v) is 6.37. The Labute approximate surface area is 221 Å². The van der Waals surface area contributed by atoms with Crippen LogP contribution in [0.4, 0.5) is 16.4 Å². The lowest BCUT2D eigenvalue weighted by Crippen LogP contribution is -2.41. The third-order valence-electron chi connectivity index (χ3n) is 6.37. The van der Waals surface area contributed by atoms with Crippen molar-refractivity contribution < 1.29 is 14.3 Å². The number of imidazole rings is 1. The number of hydrogen-bond acceptors (Lipinski definition) is 8. The van der Waals surface area contributed by atoms with E-state index in [2.05, 4.69) is 25.7 Å². The number of carbonyl (C=O) groups is 1. The molecule has 0 radical (unpaired) electrons. The molecule has 0 aliphatic heterocycles. The fourth-order valence-electron chi connectivity index (χ4n) is 4.62. The molecule has 5 rings (SSSR count). The van der Waals surface area contributed by atoms with E-state index < -0.39 is 5.60 Å². The van der Waals surface area contributed by atoms with E-state index in [4.69, 9.17) is 14.5 Å². The largest absolute Gasteiger partial charge is 0.494 e. The highest BCUT2D eigenvalue weighted by molar-refractivity contribution is 5.74. The topological polar surface area (TPSA) is 121 Å². The maximum atomic E-state index is 12.1. The first-order chi connectivity index (χ1) is 18.3. The van der Waals surface area contributed by atoms with Gasteiger partial charge < -0.3 is 20.1 Å². The lowest BCUT2D eigenvalue weighted by atomic mass is 9.91. The predicted molar refractivity (Wildman–Crippen MR) is 144 cm³/mol. The number of alkyl carbamates (subject to hydrolysis) is 1. The summed E-state index contributed by atoms with van der Waals surface area (Å²) in [5.74, 6) is 1.29. The molecule has 1 aliphatic carbocycles. The number of fused-ring (bicyclic) bond motifs is 1. The molecule has 0 saturated heterocycles. The highest BCUT2D eigenvalue weighted by Gasteiger charge is 2.26. The predicted octanol–water partition coefficient (Wildman–Crippen LogP) is 5.16. The number of nitrogens with one attached hydrogen (secondary N) is 2. The number of amides is 1. The van der Waals surface area contributed by atoms with E-state index in [1.165, 1.54) is 0 Å². The van der Waals surface area contributed by atoms with Crippen LogP contribution < -0.4 is 15.4 Å². The Hall–Kier alpha value is -4.15. The molecule has 2 N–H and O–H groups in total. The summed E-state index contributed by atoms with van der Waals surface area (Å²) in [6.45, 7) is 8.19. The van der Waals surface area contributed by atoms with E-state index >= 15 is 0 Å². The van der Waals surface area contributed by atoms with Crippen molar-refractivity contribution in [2.24, 2.45) is 0 Å². The molecule has 1 aliphatic rings. The van der Waals surface area contributed by atoms with Crippen LogP contribution in [0, 0.1) is 0 Å². The van der Waals surface area contributed by atoms with Gasteiger partial charge in [-0.25, -0.2) is 14.8 Å². The van der Waals surface area contributed by atoms with Gasteiger partial charge in [-0.3, -0.25) is 9.25 Å². The number of anilines is 2. The van der Waals surface area contributed by atoms with Crippen LogP contribution in [0.25, 0.3) is 16.9 Å². The maximum absolute atomic E-state index is 12.1. The maximum Gasteiger partial charge on any atom is 0.407 e. The van der Waals surface area contributed by atoms with Gasteiger partial charge in [-0.15, -0.1) is 0 Å². The zero-order valence-corrected chi connectivity index (χ0v) is 22.2. The summed E-state index contributed by atoms with van der Waals surface area (Å²) in [5.41, 5.74) is 2.66. The summed E-state index contributed by atoms with van der Waals surface area (Å²) in [7, 11) is 0. The molecule has 3 heterocycles. The number of ether oxygens (including phenoxy) is 2. The van der Waals surface area contributed by atoms with Crippen LogP contribution in [0.1, 0.15) is 59.4 Å². The molecule has 1 saturated carbocycles. The minimum atomic E-state index is -0.497. The smallest absolute Gasteiger partial charge is 0.407 e. The Balaban J connectivity index is 1.21. The monoisotopic (exact) mass is 518 g/mol. The number of aromatic nitrogens is 6. The first-order valence-corrected chi connectivity index (χ1v) is 13.0. The quantitative estimate of drug-likeness (QED) is 0.344. The fourth-order valence-corrected chi connectivity index (χ4v) is 4.62. The number of hydrogen-bond donors (Lipinski definition) is 2. The van der Waals surface area contributed by atoms with Gasteiger partial charge in [-0.05, 0) is 77.6 Å². The number of carbonyl (C=O) groups excluding carboxylic acids is 1. The Morgan fingerprint density at radius 3 is 2.55 bits per heavy atom. The zero-order chi connectivity index (χ0) is 26.7. The molecule has 1 fully saturated rings. The molecule has 0 bridgehead atoms. The highest BCUT2D eigenvalue weighted by Crippen LogP contribution is 2.29. The molecule has 0 atom stereocenters.